The third-order valence-corrected chi connectivity index (χ3v) is 8.21. The second kappa shape index (κ2) is 13.1. The van der Waals surface area contributed by atoms with E-state index in [2.05, 4.69) is 101 Å². The molecule has 5 heteroatoms. The number of fused-ring (bicyclic) bond motifs is 2. The molecule has 1 heterocycles. The minimum atomic E-state index is 0. The highest BCUT2D eigenvalue weighted by Crippen LogP contribution is 2.39. The number of piperazine rings is 1. The molecule has 0 amide bonds. The molecule has 38 heavy (non-hydrogen) atoms. The van der Waals surface area contributed by atoms with E-state index >= 15 is 0 Å². The summed E-state index contributed by atoms with van der Waals surface area (Å²) in [4.78, 5) is 5.25. The summed E-state index contributed by atoms with van der Waals surface area (Å²) in [5.41, 5.74) is 6.86. The lowest BCUT2D eigenvalue weighted by atomic mass is 9.80. The number of methoxy groups -OCH3 is 1. The van der Waals surface area contributed by atoms with Gasteiger partial charge in [-0.05, 0) is 57.5 Å². The Balaban J connectivity index is 0.00000168. The van der Waals surface area contributed by atoms with Crippen LogP contribution in [0.15, 0.2) is 91.0 Å². The molecule has 1 saturated heterocycles. The van der Waals surface area contributed by atoms with Gasteiger partial charge >= 0.3 is 0 Å². The minimum absolute atomic E-state index is 0. The maximum atomic E-state index is 6.14. The fraction of sp³-hybridized carbons (Fsp3) is 0.333. The minimum Gasteiger partial charge on any atom is -0.376 e. The van der Waals surface area contributed by atoms with Crippen LogP contribution in [0.3, 0.4) is 0 Å². The topological polar surface area (TPSA) is 15.7 Å². The van der Waals surface area contributed by atoms with Crippen LogP contribution in [0.4, 0.5) is 0 Å². The Kier molecular flexibility index (Phi) is 9.86. The van der Waals surface area contributed by atoms with Crippen LogP contribution in [-0.2, 0) is 17.7 Å². The molecule has 1 fully saturated rings. The van der Waals surface area contributed by atoms with Gasteiger partial charge in [0.15, 0.2) is 0 Å². The maximum Gasteiger partial charge on any atom is 0.0864 e. The summed E-state index contributed by atoms with van der Waals surface area (Å²) in [6, 6.07) is 33.3. The predicted molar refractivity (Wildman–Crippen MR) is 164 cm³/mol. The van der Waals surface area contributed by atoms with E-state index < -0.39 is 0 Å². The summed E-state index contributed by atoms with van der Waals surface area (Å²) in [6.45, 7) is 6.77. The van der Waals surface area contributed by atoms with Gasteiger partial charge in [-0.15, -0.1) is 24.8 Å². The third kappa shape index (κ3) is 6.25. The summed E-state index contributed by atoms with van der Waals surface area (Å²) in [6.07, 6.45) is 2.51. The fourth-order valence-corrected chi connectivity index (χ4v) is 6.20. The van der Waals surface area contributed by atoms with Gasteiger partial charge in [0.05, 0.1) is 6.10 Å². The average molecular weight is 550 g/mol. The number of ether oxygens (including phenoxy) is 1. The number of rotatable bonds is 6. The zero-order valence-electron chi connectivity index (χ0n) is 22.1. The molecule has 1 aliphatic carbocycles. The molecule has 2 atom stereocenters. The van der Waals surface area contributed by atoms with Crippen molar-refractivity contribution in [3.63, 3.8) is 0 Å². The standard InChI is InChI=1S/C33H36N2O.2ClH/c1-36-33-31(24-35-19-17-34(18-20-35)23-25-7-3-2-4-8-25)14-13-30-22-29(15-16-32(30)33)28-12-11-26-9-5-6-10-27(26)21-28;;/h2-12,15-16,21-22,31,33H,13-14,17-20,23-24H2,1H3;2*1H. The van der Waals surface area contributed by atoms with Gasteiger partial charge in [-0.2, -0.15) is 0 Å². The molecule has 3 nitrogen and oxygen atoms in total. The SMILES string of the molecule is COC1c2ccc(-c3ccc4ccccc4c3)cc2CCC1CN1CCN(Cc2ccccc2)CC1.Cl.Cl. The van der Waals surface area contributed by atoms with Crippen molar-refractivity contribution in [2.45, 2.75) is 25.5 Å². The van der Waals surface area contributed by atoms with Crippen LogP contribution < -0.4 is 0 Å². The number of benzene rings is 4. The van der Waals surface area contributed by atoms with Crippen molar-refractivity contribution in [1.29, 1.82) is 0 Å². The van der Waals surface area contributed by atoms with E-state index in [9.17, 15) is 0 Å². The number of aryl methyl sites for hydroxylation is 1. The first-order chi connectivity index (χ1) is 17.8. The molecule has 0 spiro atoms. The van der Waals surface area contributed by atoms with Gasteiger partial charge < -0.3 is 9.64 Å². The molecule has 4 aromatic carbocycles. The van der Waals surface area contributed by atoms with E-state index in [1.807, 2.05) is 7.11 Å². The summed E-state index contributed by atoms with van der Waals surface area (Å²) in [5, 5.41) is 2.59. The van der Waals surface area contributed by atoms with Gasteiger partial charge in [0.1, 0.15) is 0 Å². The van der Waals surface area contributed by atoms with Crippen LogP contribution >= 0.6 is 24.8 Å². The zero-order chi connectivity index (χ0) is 24.3. The van der Waals surface area contributed by atoms with Crippen LogP contribution in [0.5, 0.6) is 0 Å². The largest absolute Gasteiger partial charge is 0.376 e. The van der Waals surface area contributed by atoms with Crippen molar-refractivity contribution >= 4 is 35.6 Å². The number of nitrogens with zero attached hydrogens (tertiary/aromatic N) is 2. The Bertz CT molecular complexity index is 1320. The normalized spacial score (nSPS) is 19.8. The molecule has 0 radical (unpaired) electrons. The Morgan fingerprint density at radius 1 is 0.711 bits per heavy atom. The fourth-order valence-electron chi connectivity index (χ4n) is 6.20. The monoisotopic (exact) mass is 548 g/mol. The number of hydrogen-bond donors (Lipinski definition) is 0. The van der Waals surface area contributed by atoms with Gasteiger partial charge in [0.2, 0.25) is 0 Å². The van der Waals surface area contributed by atoms with Crippen LogP contribution in [0.25, 0.3) is 21.9 Å². The smallest absolute Gasteiger partial charge is 0.0864 e. The molecule has 1 aliphatic heterocycles. The first-order valence-electron chi connectivity index (χ1n) is 13.4. The van der Waals surface area contributed by atoms with Crippen molar-refractivity contribution in [2.24, 2.45) is 5.92 Å². The molecule has 4 aromatic rings. The predicted octanol–water partition coefficient (Wildman–Crippen LogP) is 7.42. The summed E-state index contributed by atoms with van der Waals surface area (Å²) in [5.74, 6) is 0.551. The Hall–Kier alpha value is -2.40. The molecule has 0 N–H and O–H groups in total. The lowest BCUT2D eigenvalue weighted by Crippen LogP contribution is -2.48. The summed E-state index contributed by atoms with van der Waals surface area (Å²) >= 11 is 0. The van der Waals surface area contributed by atoms with Crippen LogP contribution in [-0.4, -0.2) is 49.6 Å². The molecule has 0 aromatic heterocycles. The van der Waals surface area contributed by atoms with E-state index in [0.29, 0.717) is 5.92 Å². The molecular weight excluding hydrogens is 511 g/mol. The Labute approximate surface area is 239 Å². The highest BCUT2D eigenvalue weighted by molar-refractivity contribution is 5.87. The van der Waals surface area contributed by atoms with E-state index in [1.165, 1.54) is 45.0 Å². The lowest BCUT2D eigenvalue weighted by Gasteiger charge is -2.40. The zero-order valence-corrected chi connectivity index (χ0v) is 23.7. The van der Waals surface area contributed by atoms with Gasteiger partial charge in [0, 0.05) is 52.3 Å². The first-order valence-corrected chi connectivity index (χ1v) is 13.4. The quantitative estimate of drug-likeness (QED) is 0.249. The molecule has 0 saturated carbocycles. The van der Waals surface area contributed by atoms with Gasteiger partial charge in [-0.25, -0.2) is 0 Å². The Morgan fingerprint density at radius 3 is 2.13 bits per heavy atom. The Morgan fingerprint density at radius 2 is 1.37 bits per heavy atom. The lowest BCUT2D eigenvalue weighted by molar-refractivity contribution is 0.0140. The van der Waals surface area contributed by atoms with Crippen molar-refractivity contribution in [3.05, 3.63) is 108 Å². The van der Waals surface area contributed by atoms with Crippen molar-refractivity contribution in [3.8, 4) is 11.1 Å². The third-order valence-electron chi connectivity index (χ3n) is 8.21. The molecule has 2 unspecified atom stereocenters. The first kappa shape index (κ1) is 28.6. The molecule has 200 valence electrons. The van der Waals surface area contributed by atoms with Crippen molar-refractivity contribution in [2.75, 3.05) is 39.8 Å². The molecule has 2 aliphatic rings. The number of hydrogen-bond acceptors (Lipinski definition) is 3. The molecular formula is C33H38Cl2N2O. The summed E-state index contributed by atoms with van der Waals surface area (Å²) in [7, 11) is 1.89. The average Bonchev–Trinajstić information content (AvgIpc) is 2.94. The van der Waals surface area contributed by atoms with Crippen molar-refractivity contribution in [1.82, 2.24) is 9.80 Å². The van der Waals surface area contributed by atoms with E-state index in [1.54, 1.807) is 0 Å². The summed E-state index contributed by atoms with van der Waals surface area (Å²) < 4.78 is 6.14. The van der Waals surface area contributed by atoms with Crippen LogP contribution in [0, 0.1) is 5.92 Å². The molecule has 0 bridgehead atoms. The van der Waals surface area contributed by atoms with E-state index in [4.69, 9.17) is 4.74 Å². The molecule has 6 rings (SSSR count). The number of halogens is 2. The second-order valence-electron chi connectivity index (χ2n) is 10.5. The van der Waals surface area contributed by atoms with E-state index in [-0.39, 0.29) is 30.9 Å². The highest BCUT2D eigenvalue weighted by atomic mass is 35.5. The second-order valence-corrected chi connectivity index (χ2v) is 10.5. The van der Waals surface area contributed by atoms with Gasteiger partial charge in [-0.3, -0.25) is 4.90 Å². The van der Waals surface area contributed by atoms with Gasteiger partial charge in [0.25, 0.3) is 0 Å². The highest BCUT2D eigenvalue weighted by Gasteiger charge is 2.32. The maximum absolute atomic E-state index is 6.14. The van der Waals surface area contributed by atoms with Gasteiger partial charge in [-0.1, -0.05) is 84.9 Å². The van der Waals surface area contributed by atoms with Crippen LogP contribution in [0.1, 0.15) is 29.2 Å². The van der Waals surface area contributed by atoms with E-state index in [0.717, 1.165) is 45.7 Å². The van der Waals surface area contributed by atoms with Crippen LogP contribution in [0.2, 0.25) is 0 Å². The van der Waals surface area contributed by atoms with Crippen molar-refractivity contribution < 1.29 is 4.74 Å².